The van der Waals surface area contributed by atoms with E-state index in [9.17, 15) is 10.2 Å². The van der Waals surface area contributed by atoms with Gasteiger partial charge in [-0.15, -0.1) is 0 Å². The summed E-state index contributed by atoms with van der Waals surface area (Å²) in [6.45, 7) is 0.341. The van der Waals surface area contributed by atoms with Crippen LogP contribution in [-0.2, 0) is 37.5 Å². The van der Waals surface area contributed by atoms with Gasteiger partial charge in [0.2, 0.25) is 11.8 Å². The standard InChI is InChI=1S/C50H47N3O9/c1-59-40-28-35-22-23-52(30-36(35)29-41(40)60-2)47(56)42-44-48(57)62-45(33-14-7-4-8-15-33)43(32-12-5-3-6-13-32)53(44)46(34-17-19-37(20-18-34)61-26-25-55)50(42)38-27-31(11-9-10-24-54)16-21-39(38)51-49(50)58/h3-8,12-21,27-29,42-46,54-55H,10,22-26,30H2,1-2H3,(H,51,58)/t42-,43-,44-,45+,46+,50-/m0/s1. The van der Waals surface area contributed by atoms with Crippen molar-refractivity contribution in [3.63, 3.8) is 0 Å². The molecule has 0 saturated carbocycles. The molecule has 0 radical (unpaired) electrons. The van der Waals surface area contributed by atoms with E-state index < -0.39 is 47.4 Å². The first-order valence-electron chi connectivity index (χ1n) is 20.8. The number of carbonyl (C=O) groups is 3. The van der Waals surface area contributed by atoms with Gasteiger partial charge in [0.25, 0.3) is 0 Å². The number of hydrogen-bond acceptors (Lipinski definition) is 10. The van der Waals surface area contributed by atoms with Crippen molar-refractivity contribution in [3.05, 3.63) is 154 Å². The number of carbonyl (C=O) groups excluding carboxylic acids is 3. The van der Waals surface area contributed by atoms with Crippen LogP contribution in [0, 0.1) is 17.8 Å². The predicted molar refractivity (Wildman–Crippen MR) is 229 cm³/mol. The average Bonchev–Trinajstić information content (AvgIpc) is 3.79. The van der Waals surface area contributed by atoms with Crippen LogP contribution >= 0.6 is 0 Å². The lowest BCUT2D eigenvalue weighted by molar-refractivity contribution is -0.179. The number of cyclic esters (lactones) is 1. The first-order valence-corrected chi connectivity index (χ1v) is 20.8. The maximum atomic E-state index is 16.0. The number of hydrogen-bond donors (Lipinski definition) is 3. The van der Waals surface area contributed by atoms with Crippen LogP contribution in [0.4, 0.5) is 5.69 Å². The zero-order valence-corrected chi connectivity index (χ0v) is 34.5. The molecule has 6 atom stereocenters. The zero-order chi connectivity index (χ0) is 43.0. The molecule has 4 aliphatic heterocycles. The number of anilines is 1. The van der Waals surface area contributed by atoms with E-state index in [1.807, 2.05) is 91.0 Å². The molecule has 3 N–H and O–H groups in total. The quantitative estimate of drug-likeness (QED) is 0.119. The number of esters is 1. The molecule has 12 nitrogen and oxygen atoms in total. The minimum absolute atomic E-state index is 0.0889. The summed E-state index contributed by atoms with van der Waals surface area (Å²) < 4.78 is 23.6. The van der Waals surface area contributed by atoms with Gasteiger partial charge in [-0.1, -0.05) is 84.6 Å². The summed E-state index contributed by atoms with van der Waals surface area (Å²) >= 11 is 0. The monoisotopic (exact) mass is 833 g/mol. The van der Waals surface area contributed by atoms with Crippen molar-refractivity contribution in [1.82, 2.24) is 9.80 Å². The van der Waals surface area contributed by atoms with Crippen molar-refractivity contribution >= 4 is 23.5 Å². The summed E-state index contributed by atoms with van der Waals surface area (Å²) in [6, 6.07) is 33.1. The summed E-state index contributed by atoms with van der Waals surface area (Å²) in [6.07, 6.45) is -0.0521. The Balaban J connectivity index is 1.30. The fraction of sp³-hybridized carbons (Fsp3) is 0.300. The van der Waals surface area contributed by atoms with Crippen LogP contribution in [0.25, 0.3) is 0 Å². The van der Waals surface area contributed by atoms with Crippen LogP contribution in [-0.4, -0.2) is 84.4 Å². The number of nitrogens with one attached hydrogen (secondary N) is 1. The molecule has 1 spiro atoms. The van der Waals surface area contributed by atoms with Crippen LogP contribution in [0.15, 0.2) is 115 Å². The summed E-state index contributed by atoms with van der Waals surface area (Å²) in [5.41, 5.74) is 4.10. The molecule has 316 valence electrons. The lowest BCUT2D eigenvalue weighted by Gasteiger charge is -2.46. The van der Waals surface area contributed by atoms with Gasteiger partial charge in [-0.2, -0.15) is 0 Å². The molecule has 0 unspecified atom stereocenters. The van der Waals surface area contributed by atoms with Gasteiger partial charge >= 0.3 is 5.97 Å². The van der Waals surface area contributed by atoms with Crippen LogP contribution in [0.3, 0.4) is 0 Å². The SMILES string of the molecule is COc1cc2c(cc1OC)CN(C(=O)[C@@H]1[C@H]3C(=O)O[C@H](c4ccccc4)[C@H](c4ccccc4)N3[C@H](c3ccc(OCCO)cc3)[C@@]13C(=O)Nc1ccc(C#CCCO)cc13)CC2. The highest BCUT2D eigenvalue weighted by Crippen LogP contribution is 2.65. The molecule has 4 aliphatic rings. The highest BCUT2D eigenvalue weighted by atomic mass is 16.6. The third kappa shape index (κ3) is 6.83. The molecule has 12 heteroatoms. The third-order valence-corrected chi connectivity index (χ3v) is 12.6. The van der Waals surface area contributed by atoms with Crippen molar-refractivity contribution in [2.75, 3.05) is 45.9 Å². The van der Waals surface area contributed by atoms with E-state index in [2.05, 4.69) is 22.1 Å². The number of aliphatic hydroxyl groups excluding tert-OH is 2. The topological polar surface area (TPSA) is 147 Å². The second-order valence-corrected chi connectivity index (χ2v) is 15.9. The van der Waals surface area contributed by atoms with E-state index in [-0.39, 0.29) is 38.7 Å². The number of aliphatic hydroxyl groups is 2. The van der Waals surface area contributed by atoms with Crippen LogP contribution in [0.1, 0.15) is 63.6 Å². The van der Waals surface area contributed by atoms with Crippen molar-refractivity contribution in [2.24, 2.45) is 5.92 Å². The number of rotatable bonds is 10. The van der Waals surface area contributed by atoms with Crippen molar-refractivity contribution in [2.45, 2.75) is 49.0 Å². The van der Waals surface area contributed by atoms with Gasteiger partial charge in [0.05, 0.1) is 45.4 Å². The molecule has 4 heterocycles. The van der Waals surface area contributed by atoms with Crippen molar-refractivity contribution in [3.8, 4) is 29.1 Å². The lowest BCUT2D eigenvalue weighted by Crippen LogP contribution is -2.56. The Morgan fingerprint density at radius 3 is 2.19 bits per heavy atom. The minimum Gasteiger partial charge on any atom is -0.493 e. The Labute approximate surface area is 360 Å². The lowest BCUT2D eigenvalue weighted by atomic mass is 9.65. The van der Waals surface area contributed by atoms with Gasteiger partial charge in [-0.05, 0) is 82.3 Å². The molecule has 5 aromatic carbocycles. The molecule has 62 heavy (non-hydrogen) atoms. The Morgan fingerprint density at radius 2 is 1.52 bits per heavy atom. The van der Waals surface area contributed by atoms with E-state index in [0.29, 0.717) is 52.6 Å². The molecule has 2 amide bonds. The molecule has 2 fully saturated rings. The molecule has 0 aromatic heterocycles. The van der Waals surface area contributed by atoms with E-state index in [1.54, 1.807) is 43.4 Å². The fourth-order valence-corrected chi connectivity index (χ4v) is 10.0. The Kier molecular flexibility index (Phi) is 11.2. The highest BCUT2D eigenvalue weighted by molar-refractivity contribution is 6.12. The van der Waals surface area contributed by atoms with Gasteiger partial charge in [-0.25, -0.2) is 0 Å². The molecule has 0 bridgehead atoms. The molecule has 2 saturated heterocycles. The maximum Gasteiger partial charge on any atom is 0.324 e. The van der Waals surface area contributed by atoms with E-state index >= 15 is 14.4 Å². The van der Waals surface area contributed by atoms with Gasteiger partial charge in [-0.3, -0.25) is 19.3 Å². The fourth-order valence-electron chi connectivity index (χ4n) is 10.0. The number of fused-ring (bicyclic) bond motifs is 4. The normalized spacial score (nSPS) is 23.6. The molecule has 5 aromatic rings. The van der Waals surface area contributed by atoms with Crippen LogP contribution in [0.2, 0.25) is 0 Å². The largest absolute Gasteiger partial charge is 0.493 e. The number of morpholine rings is 1. The smallest absolute Gasteiger partial charge is 0.324 e. The average molecular weight is 834 g/mol. The van der Waals surface area contributed by atoms with Crippen molar-refractivity contribution < 1.29 is 43.5 Å². The van der Waals surface area contributed by atoms with Gasteiger partial charge in [0, 0.05) is 30.8 Å². The number of methoxy groups -OCH3 is 2. The first-order chi connectivity index (χ1) is 30.3. The highest BCUT2D eigenvalue weighted by Gasteiger charge is 2.74. The Hall–Kier alpha value is -6.65. The Bertz CT molecular complexity index is 2560. The number of amides is 2. The predicted octanol–water partition coefficient (Wildman–Crippen LogP) is 5.66. The molecular formula is C50H47N3O9. The summed E-state index contributed by atoms with van der Waals surface area (Å²) in [5.74, 6) is 5.09. The second kappa shape index (κ2) is 17.0. The number of ether oxygens (including phenoxy) is 4. The van der Waals surface area contributed by atoms with Gasteiger partial charge in [0.15, 0.2) is 11.5 Å². The second-order valence-electron chi connectivity index (χ2n) is 15.9. The summed E-state index contributed by atoms with van der Waals surface area (Å²) in [7, 11) is 3.15. The maximum absolute atomic E-state index is 16.0. The van der Waals surface area contributed by atoms with Crippen LogP contribution < -0.4 is 19.5 Å². The summed E-state index contributed by atoms with van der Waals surface area (Å²) in [5, 5.41) is 22.2. The minimum atomic E-state index is -1.70. The molecule has 9 rings (SSSR count). The van der Waals surface area contributed by atoms with E-state index in [1.165, 1.54) is 0 Å². The van der Waals surface area contributed by atoms with Crippen molar-refractivity contribution in [1.29, 1.82) is 0 Å². The third-order valence-electron chi connectivity index (χ3n) is 12.6. The molecule has 0 aliphatic carbocycles. The number of benzene rings is 5. The first kappa shape index (κ1) is 40.7. The zero-order valence-electron chi connectivity index (χ0n) is 34.5. The number of nitrogens with zero attached hydrogens (tertiary/aromatic N) is 2. The van der Waals surface area contributed by atoms with Gasteiger partial charge in [0.1, 0.15) is 29.9 Å². The van der Waals surface area contributed by atoms with Crippen LogP contribution in [0.5, 0.6) is 17.2 Å². The van der Waals surface area contributed by atoms with E-state index in [4.69, 9.17) is 18.9 Å². The molecular weight excluding hydrogens is 787 g/mol. The summed E-state index contributed by atoms with van der Waals surface area (Å²) in [4.78, 5) is 50.7. The van der Waals surface area contributed by atoms with Gasteiger partial charge < -0.3 is 39.4 Å². The van der Waals surface area contributed by atoms with E-state index in [0.717, 1.165) is 22.3 Å². The Morgan fingerprint density at radius 1 is 0.823 bits per heavy atom.